The number of nitrogens with zero attached hydrogens (tertiary/aromatic N) is 1. The molecular weight excluding hydrogens is 152 g/mol. The highest BCUT2D eigenvalue weighted by atomic mass is 16.4. The van der Waals surface area contributed by atoms with Crippen LogP contribution in [0.4, 0.5) is 0 Å². The highest BCUT2D eigenvalue weighted by Crippen LogP contribution is 2.49. The van der Waals surface area contributed by atoms with Gasteiger partial charge in [-0.05, 0) is 31.6 Å². The summed E-state index contributed by atoms with van der Waals surface area (Å²) in [5.41, 5.74) is 1.22. The molecular formula is C9H14N2O. The fourth-order valence-corrected chi connectivity index (χ4v) is 3.17. The van der Waals surface area contributed by atoms with Crippen molar-refractivity contribution >= 4 is 5.71 Å². The molecule has 1 aliphatic heterocycles. The maximum atomic E-state index is 8.94. The van der Waals surface area contributed by atoms with Crippen LogP contribution < -0.4 is 5.32 Å². The standard InChI is InChI=1S/C9H14N2O/c12-11-8-6-1-3-7(4-2-6)9(8)5-10-9/h6-7,10,12H,1-5H2/t6?,7?,9-/m0/s1. The Labute approximate surface area is 71.8 Å². The van der Waals surface area contributed by atoms with Crippen LogP contribution in [-0.4, -0.2) is 23.0 Å². The summed E-state index contributed by atoms with van der Waals surface area (Å²) in [6, 6.07) is 0. The molecule has 0 aromatic heterocycles. The monoisotopic (exact) mass is 166 g/mol. The van der Waals surface area contributed by atoms with E-state index in [1.165, 1.54) is 25.7 Å². The molecule has 4 aliphatic rings. The van der Waals surface area contributed by atoms with Crippen molar-refractivity contribution in [2.45, 2.75) is 31.2 Å². The van der Waals surface area contributed by atoms with Crippen LogP contribution in [0.15, 0.2) is 5.16 Å². The molecule has 1 saturated heterocycles. The van der Waals surface area contributed by atoms with E-state index in [1.54, 1.807) is 0 Å². The minimum absolute atomic E-state index is 0.163. The maximum Gasteiger partial charge on any atom is 0.0817 e. The van der Waals surface area contributed by atoms with Crippen molar-refractivity contribution in [3.05, 3.63) is 0 Å². The van der Waals surface area contributed by atoms with Gasteiger partial charge < -0.3 is 10.5 Å². The van der Waals surface area contributed by atoms with E-state index in [1.807, 2.05) is 0 Å². The fraction of sp³-hybridized carbons (Fsp3) is 0.889. The molecule has 3 saturated carbocycles. The predicted molar refractivity (Wildman–Crippen MR) is 45.4 cm³/mol. The summed E-state index contributed by atoms with van der Waals surface area (Å²) in [7, 11) is 0. The third-order valence-electron chi connectivity index (χ3n) is 3.93. The molecule has 2 bridgehead atoms. The van der Waals surface area contributed by atoms with Gasteiger partial charge in [0.2, 0.25) is 0 Å². The van der Waals surface area contributed by atoms with Gasteiger partial charge in [-0.25, -0.2) is 0 Å². The summed E-state index contributed by atoms with van der Waals surface area (Å²) in [6.07, 6.45) is 5.15. The molecule has 3 nitrogen and oxygen atoms in total. The molecule has 12 heavy (non-hydrogen) atoms. The smallest absolute Gasteiger partial charge is 0.0817 e. The molecule has 1 atom stereocenters. The van der Waals surface area contributed by atoms with Gasteiger partial charge in [-0.1, -0.05) is 5.16 Å². The molecule has 66 valence electrons. The molecule has 4 fully saturated rings. The van der Waals surface area contributed by atoms with Crippen molar-refractivity contribution in [2.24, 2.45) is 17.0 Å². The molecule has 0 aromatic rings. The average Bonchev–Trinajstić information content (AvgIpc) is 2.88. The van der Waals surface area contributed by atoms with Crippen molar-refractivity contribution in [3.63, 3.8) is 0 Å². The lowest BCUT2D eigenvalue weighted by atomic mass is 9.63. The van der Waals surface area contributed by atoms with E-state index in [2.05, 4.69) is 10.5 Å². The van der Waals surface area contributed by atoms with Gasteiger partial charge in [0, 0.05) is 12.5 Å². The lowest BCUT2D eigenvalue weighted by Gasteiger charge is -2.42. The van der Waals surface area contributed by atoms with Gasteiger partial charge in [-0.2, -0.15) is 0 Å². The summed E-state index contributed by atoms with van der Waals surface area (Å²) in [5, 5.41) is 15.8. The Morgan fingerprint density at radius 3 is 2.42 bits per heavy atom. The van der Waals surface area contributed by atoms with Crippen molar-refractivity contribution in [2.75, 3.05) is 6.54 Å². The van der Waals surface area contributed by atoms with Crippen LogP contribution in [0.1, 0.15) is 25.7 Å². The summed E-state index contributed by atoms with van der Waals surface area (Å²) in [6.45, 7) is 1.05. The zero-order valence-corrected chi connectivity index (χ0v) is 7.08. The summed E-state index contributed by atoms with van der Waals surface area (Å²) >= 11 is 0. The molecule has 4 rings (SSSR count). The normalized spacial score (nSPS) is 53.5. The van der Waals surface area contributed by atoms with E-state index in [0.717, 1.165) is 18.2 Å². The summed E-state index contributed by atoms with van der Waals surface area (Å²) in [5.74, 6) is 1.34. The van der Waals surface area contributed by atoms with Gasteiger partial charge in [0.05, 0.1) is 11.3 Å². The van der Waals surface area contributed by atoms with Crippen LogP contribution in [0.5, 0.6) is 0 Å². The summed E-state index contributed by atoms with van der Waals surface area (Å²) < 4.78 is 0. The van der Waals surface area contributed by atoms with Crippen molar-refractivity contribution in [3.8, 4) is 0 Å². The van der Waals surface area contributed by atoms with Crippen molar-refractivity contribution < 1.29 is 5.21 Å². The highest BCUT2D eigenvalue weighted by molar-refractivity contribution is 5.99. The maximum absolute atomic E-state index is 8.94. The van der Waals surface area contributed by atoms with E-state index in [4.69, 9.17) is 5.21 Å². The number of fused-ring (bicyclic) bond motifs is 2. The topological polar surface area (TPSA) is 54.5 Å². The number of hydrogen-bond donors (Lipinski definition) is 2. The quantitative estimate of drug-likeness (QED) is 0.320. The van der Waals surface area contributed by atoms with Gasteiger partial charge in [0.25, 0.3) is 0 Å². The molecule has 2 N–H and O–H groups in total. The number of oxime groups is 1. The molecule has 3 heteroatoms. The molecule has 0 amide bonds. The van der Waals surface area contributed by atoms with Crippen molar-refractivity contribution in [1.29, 1.82) is 0 Å². The first-order valence-electron chi connectivity index (χ1n) is 4.84. The van der Waals surface area contributed by atoms with E-state index in [9.17, 15) is 0 Å². The lowest BCUT2D eigenvalue weighted by molar-refractivity contribution is 0.227. The summed E-state index contributed by atoms with van der Waals surface area (Å²) in [4.78, 5) is 0. The van der Waals surface area contributed by atoms with Gasteiger partial charge in [0.15, 0.2) is 0 Å². The zero-order valence-electron chi connectivity index (χ0n) is 7.08. The molecule has 0 unspecified atom stereocenters. The molecule has 1 heterocycles. The van der Waals surface area contributed by atoms with Crippen LogP contribution in [0, 0.1) is 11.8 Å². The Hall–Kier alpha value is -0.570. The highest BCUT2D eigenvalue weighted by Gasteiger charge is 2.59. The molecule has 3 aliphatic carbocycles. The van der Waals surface area contributed by atoms with E-state index in [-0.39, 0.29) is 5.54 Å². The van der Waals surface area contributed by atoms with Crippen LogP contribution in [0.2, 0.25) is 0 Å². The van der Waals surface area contributed by atoms with Crippen LogP contribution >= 0.6 is 0 Å². The Morgan fingerprint density at radius 1 is 1.33 bits per heavy atom. The Kier molecular flexibility index (Phi) is 1.16. The molecule has 1 spiro atoms. The molecule has 0 radical (unpaired) electrons. The lowest BCUT2D eigenvalue weighted by Crippen LogP contribution is -2.49. The van der Waals surface area contributed by atoms with E-state index >= 15 is 0 Å². The Balaban J connectivity index is 2.02. The van der Waals surface area contributed by atoms with Crippen LogP contribution in [0.3, 0.4) is 0 Å². The second-order valence-electron chi connectivity index (χ2n) is 4.36. The SMILES string of the molecule is ON=C1C2CCC(CC2)[C@@]12CN2. The van der Waals surface area contributed by atoms with Gasteiger partial charge in [-0.3, -0.25) is 0 Å². The largest absolute Gasteiger partial charge is 0.411 e. The number of hydrogen-bond acceptors (Lipinski definition) is 3. The van der Waals surface area contributed by atoms with Gasteiger partial charge in [-0.15, -0.1) is 0 Å². The minimum atomic E-state index is 0.163. The average molecular weight is 166 g/mol. The number of nitrogens with one attached hydrogen (secondary N) is 1. The van der Waals surface area contributed by atoms with Crippen LogP contribution in [0.25, 0.3) is 0 Å². The predicted octanol–water partition coefficient (Wildman–Crippen LogP) is 0.979. The van der Waals surface area contributed by atoms with Gasteiger partial charge >= 0.3 is 0 Å². The second-order valence-corrected chi connectivity index (χ2v) is 4.36. The third kappa shape index (κ3) is 0.637. The zero-order chi connectivity index (χ0) is 8.18. The van der Waals surface area contributed by atoms with E-state index in [0.29, 0.717) is 5.92 Å². The minimum Gasteiger partial charge on any atom is -0.411 e. The van der Waals surface area contributed by atoms with Crippen LogP contribution in [-0.2, 0) is 0 Å². The van der Waals surface area contributed by atoms with Crippen molar-refractivity contribution in [1.82, 2.24) is 5.32 Å². The van der Waals surface area contributed by atoms with E-state index < -0.39 is 0 Å². The van der Waals surface area contributed by atoms with Gasteiger partial charge in [0.1, 0.15) is 0 Å². The molecule has 0 aromatic carbocycles. The fourth-order valence-electron chi connectivity index (χ4n) is 3.17. The Morgan fingerprint density at radius 2 is 2.00 bits per heavy atom. The first-order chi connectivity index (χ1) is 5.87. The third-order valence-corrected chi connectivity index (χ3v) is 3.93. The first kappa shape index (κ1) is 6.89. The first-order valence-corrected chi connectivity index (χ1v) is 4.84. The number of rotatable bonds is 0. The Bertz CT molecular complexity index is 237. The second kappa shape index (κ2) is 2.02.